The first kappa shape index (κ1) is 53.2. The van der Waals surface area contributed by atoms with E-state index in [0.717, 1.165) is 82.0 Å². The lowest BCUT2D eigenvalue weighted by Gasteiger charge is -2.42. The molecule has 2 aliphatic carbocycles. The molecule has 1 atom stereocenters. The zero-order valence-electron chi connectivity index (χ0n) is 40.0. The number of hydrogen-bond donors (Lipinski definition) is 1. The van der Waals surface area contributed by atoms with E-state index in [1.165, 1.54) is 100 Å². The molecule has 9 nitrogen and oxygen atoms in total. The fraction of sp³-hybridized carbons (Fsp3) is 0.500. The van der Waals surface area contributed by atoms with Crippen molar-refractivity contribution in [1.29, 1.82) is 10.5 Å². The molecular formula is C54H73AlN6O3S2. The number of rotatable bonds is 13. The van der Waals surface area contributed by atoms with Crippen molar-refractivity contribution >= 4 is 44.0 Å². The first-order chi connectivity index (χ1) is 32.4. The van der Waals surface area contributed by atoms with Gasteiger partial charge in [0.1, 0.15) is 23.8 Å². The number of nitriles is 2. The fourth-order valence-corrected chi connectivity index (χ4v) is 11.6. The number of hydrogen-bond acceptors (Lipinski definition) is 11. The van der Waals surface area contributed by atoms with Crippen LogP contribution in [0.1, 0.15) is 100 Å². The van der Waals surface area contributed by atoms with Gasteiger partial charge in [0.2, 0.25) is 0 Å². The highest BCUT2D eigenvalue weighted by Crippen LogP contribution is 2.32. The number of benzene rings is 4. The van der Waals surface area contributed by atoms with E-state index in [2.05, 4.69) is 81.3 Å². The highest BCUT2D eigenvalue weighted by atomic mass is 32.2. The molecule has 66 heavy (non-hydrogen) atoms. The number of carbonyl (C=O) groups excluding carboxylic acids is 1. The van der Waals surface area contributed by atoms with Crippen molar-refractivity contribution < 1.29 is 14.3 Å². The minimum absolute atomic E-state index is 0.154. The minimum atomic E-state index is -0.866. The topological polar surface area (TPSA) is 105 Å². The molecule has 0 bridgehead atoms. The summed E-state index contributed by atoms with van der Waals surface area (Å²) in [5, 5.41) is 23.9. The molecule has 352 valence electrons. The molecule has 2 saturated heterocycles. The van der Waals surface area contributed by atoms with Crippen molar-refractivity contribution in [2.45, 2.75) is 126 Å². The van der Waals surface area contributed by atoms with E-state index in [9.17, 15) is 10.1 Å². The average Bonchev–Trinajstić information content (AvgIpc) is 3.40. The third-order valence-corrected chi connectivity index (χ3v) is 17.5. The summed E-state index contributed by atoms with van der Waals surface area (Å²) in [6.07, 6.45) is 15.1. The number of carbonyl (C=O) groups is 1. The lowest BCUT2D eigenvalue weighted by Crippen LogP contribution is -2.51. The van der Waals surface area contributed by atoms with Crippen LogP contribution in [0.3, 0.4) is 0 Å². The SMILES string of the molecule is C1CCC(N2CCNCC2)CC1.COc1ccc(Sc2ccc(C(C#N)N3CCN(C4CCCCC4)CC3)cc2)cc1.COc1ccc(Sc2ccc(C=O)cc2)cc1.C[CH2][Al]([C]#N)[CH2]C. The summed E-state index contributed by atoms with van der Waals surface area (Å²) in [4.78, 5) is 25.2. The first-order valence-corrected chi connectivity index (χ1v) is 28.3. The van der Waals surface area contributed by atoms with E-state index in [0.29, 0.717) is 5.56 Å². The van der Waals surface area contributed by atoms with Crippen LogP contribution in [-0.4, -0.2) is 114 Å². The van der Waals surface area contributed by atoms with Crippen molar-refractivity contribution in [2.75, 3.05) is 66.6 Å². The van der Waals surface area contributed by atoms with Crippen molar-refractivity contribution in [3.8, 4) is 22.5 Å². The van der Waals surface area contributed by atoms with Crippen LogP contribution in [0.4, 0.5) is 0 Å². The Labute approximate surface area is 410 Å². The summed E-state index contributed by atoms with van der Waals surface area (Å²) in [7, 11) is 3.34. The summed E-state index contributed by atoms with van der Waals surface area (Å²) < 4.78 is 10.3. The Kier molecular flexibility index (Phi) is 24.6. The van der Waals surface area contributed by atoms with Crippen molar-refractivity contribution in [3.05, 3.63) is 108 Å². The molecule has 0 aromatic heterocycles. The Balaban J connectivity index is 0.000000190. The van der Waals surface area contributed by atoms with Crippen LogP contribution >= 0.6 is 23.5 Å². The number of piperazine rings is 2. The summed E-state index contributed by atoms with van der Waals surface area (Å²) in [5.74, 6) is 1.72. The average molecular weight is 945 g/mol. The second-order valence-electron chi connectivity index (χ2n) is 17.4. The van der Waals surface area contributed by atoms with Crippen LogP contribution in [0, 0.1) is 21.5 Å². The highest BCUT2D eigenvalue weighted by molar-refractivity contribution is 7.99. The zero-order chi connectivity index (χ0) is 46.8. The minimum Gasteiger partial charge on any atom is -0.497 e. The van der Waals surface area contributed by atoms with Gasteiger partial charge in [-0.25, -0.2) is 5.26 Å². The van der Waals surface area contributed by atoms with E-state index in [-0.39, 0.29) is 6.04 Å². The summed E-state index contributed by atoms with van der Waals surface area (Å²) >= 11 is 2.52. The standard InChI is InChI=1S/C25H31N3OS.C14H12O2S.C10H20N2.2C2H5.CN.Al/c1-29-22-9-13-24(14-10-22)30-23-11-7-20(8-12-23)25(19-26)28-17-15-27(16-18-28)21-5-3-2-4-6-21;1-16-12-4-8-14(9-5-12)17-13-6-2-11(10-15)3-7-13;1-2-4-10(5-3-1)12-8-6-11-7-9-12;3*1-2;/h7-14,21,25H,2-6,15-18H2,1H3;2-10H,1H3;10-11H,1-9H2;2*1H2,2H3;;. The smallest absolute Gasteiger partial charge is 0.421 e. The van der Waals surface area contributed by atoms with Gasteiger partial charge in [-0.1, -0.05) is 116 Å². The lowest BCUT2D eigenvalue weighted by molar-refractivity contribution is 0.0676. The number of ether oxygens (including phenoxy) is 2. The Bertz CT molecular complexity index is 2000. The Morgan fingerprint density at radius 3 is 1.39 bits per heavy atom. The fourth-order valence-electron chi connectivity index (χ4n) is 9.03. The van der Waals surface area contributed by atoms with E-state index in [4.69, 9.17) is 14.7 Å². The van der Waals surface area contributed by atoms with Crippen LogP contribution in [-0.2, 0) is 0 Å². The molecule has 2 saturated carbocycles. The quantitative estimate of drug-likeness (QED) is 0.102. The molecule has 0 spiro atoms. The number of aldehydes is 1. The summed E-state index contributed by atoms with van der Waals surface area (Å²) in [5.41, 5.74) is 1.80. The molecule has 1 N–H and O–H groups in total. The maximum atomic E-state index is 10.5. The molecular weight excluding hydrogens is 872 g/mol. The molecule has 4 fully saturated rings. The predicted molar refractivity (Wildman–Crippen MR) is 275 cm³/mol. The summed E-state index contributed by atoms with van der Waals surface area (Å²) in [6, 6.07) is 36.1. The molecule has 4 aliphatic rings. The van der Waals surface area contributed by atoms with Crippen molar-refractivity contribution in [1.82, 2.24) is 20.0 Å². The first-order valence-electron chi connectivity index (χ1n) is 24.4. The monoisotopic (exact) mass is 945 g/mol. The Morgan fingerprint density at radius 1 is 0.621 bits per heavy atom. The molecule has 12 heteroatoms. The van der Waals surface area contributed by atoms with Gasteiger partial charge in [-0.05, 0) is 104 Å². The molecule has 1 unspecified atom stereocenters. The van der Waals surface area contributed by atoms with Crippen molar-refractivity contribution in [3.63, 3.8) is 0 Å². The van der Waals surface area contributed by atoms with Gasteiger partial charge in [-0.2, -0.15) is 5.26 Å². The number of nitrogens with one attached hydrogen (secondary N) is 1. The van der Waals surface area contributed by atoms with Crippen LogP contribution in [0.15, 0.2) is 117 Å². The summed E-state index contributed by atoms with van der Waals surface area (Å²) in [6.45, 7) is 13.3. The van der Waals surface area contributed by atoms with Crippen LogP contribution in [0.25, 0.3) is 0 Å². The molecule has 0 radical (unpaired) electrons. The van der Waals surface area contributed by atoms with Crippen LogP contribution < -0.4 is 14.8 Å². The van der Waals surface area contributed by atoms with E-state index >= 15 is 0 Å². The van der Waals surface area contributed by atoms with Crippen LogP contribution in [0.2, 0.25) is 10.6 Å². The maximum absolute atomic E-state index is 10.5. The maximum Gasteiger partial charge on any atom is 0.421 e. The van der Waals surface area contributed by atoms with E-state index < -0.39 is 14.1 Å². The van der Waals surface area contributed by atoms with Gasteiger partial charge in [-0.15, -0.1) is 0 Å². The Hall–Kier alpha value is -3.80. The normalized spacial score (nSPS) is 17.7. The largest absolute Gasteiger partial charge is 0.497 e. The van der Waals surface area contributed by atoms with Gasteiger partial charge in [-0.3, -0.25) is 19.5 Å². The van der Waals surface area contributed by atoms with Crippen molar-refractivity contribution in [2.24, 2.45) is 0 Å². The van der Waals surface area contributed by atoms with Gasteiger partial charge in [0.05, 0.1) is 20.3 Å². The van der Waals surface area contributed by atoms with E-state index in [1.807, 2.05) is 60.7 Å². The number of nitrogens with zero attached hydrogens (tertiary/aromatic N) is 5. The second kappa shape index (κ2) is 30.6. The van der Waals surface area contributed by atoms with E-state index in [1.54, 1.807) is 37.7 Å². The second-order valence-corrected chi connectivity index (χ2v) is 23.0. The zero-order valence-corrected chi connectivity index (χ0v) is 42.8. The van der Waals surface area contributed by atoms with Gasteiger partial charge >= 0.3 is 14.1 Å². The highest BCUT2D eigenvalue weighted by Gasteiger charge is 2.29. The van der Waals surface area contributed by atoms with Gasteiger partial charge in [0.15, 0.2) is 0 Å². The molecule has 4 aromatic carbocycles. The molecule has 8 rings (SSSR count). The molecule has 2 heterocycles. The molecule has 4 aromatic rings. The van der Waals surface area contributed by atoms with Gasteiger partial charge < -0.3 is 14.8 Å². The molecule has 0 amide bonds. The van der Waals surface area contributed by atoms with Gasteiger partial charge in [0, 0.05) is 89.6 Å². The molecule has 2 aliphatic heterocycles. The Morgan fingerprint density at radius 2 is 1.03 bits per heavy atom. The van der Waals surface area contributed by atoms with Gasteiger partial charge in [0.25, 0.3) is 0 Å². The third kappa shape index (κ3) is 18.0. The number of methoxy groups -OCH3 is 2. The van der Waals surface area contributed by atoms with Crippen LogP contribution in [0.5, 0.6) is 11.5 Å². The third-order valence-electron chi connectivity index (χ3n) is 13.1. The lowest BCUT2D eigenvalue weighted by atomic mass is 9.93. The predicted octanol–water partition coefficient (Wildman–Crippen LogP) is 11.8.